The lowest BCUT2D eigenvalue weighted by Crippen LogP contribution is -2.55. The topological polar surface area (TPSA) is 112 Å². The highest BCUT2D eigenvalue weighted by Gasteiger charge is 2.43. The summed E-state index contributed by atoms with van der Waals surface area (Å²) in [6.45, 7) is 8.37. The molecule has 0 spiro atoms. The number of carbonyl (C=O) groups is 1. The summed E-state index contributed by atoms with van der Waals surface area (Å²) >= 11 is 0. The average molecular weight is 666 g/mol. The van der Waals surface area contributed by atoms with E-state index in [-0.39, 0.29) is 75.5 Å². The number of nitrogens with zero attached hydrogens (tertiary/aromatic N) is 6. The van der Waals surface area contributed by atoms with Crippen LogP contribution >= 0.6 is 0 Å². The van der Waals surface area contributed by atoms with E-state index in [1.807, 2.05) is 17.9 Å². The number of likely N-dealkylation sites (tertiary alicyclic amines) is 1. The van der Waals surface area contributed by atoms with E-state index in [1.54, 1.807) is 11.8 Å². The van der Waals surface area contributed by atoms with Crippen molar-refractivity contribution in [3.05, 3.63) is 52.2 Å². The maximum absolute atomic E-state index is 15.6. The number of fused-ring (bicyclic) bond motifs is 1. The lowest BCUT2D eigenvalue weighted by Gasteiger charge is -2.42. The highest BCUT2D eigenvalue weighted by atomic mass is 19.4. The molecule has 1 aromatic carbocycles. The molecule has 9 nitrogen and oxygen atoms in total. The molecule has 47 heavy (non-hydrogen) atoms. The number of benzene rings is 1. The van der Waals surface area contributed by atoms with Gasteiger partial charge in [-0.2, -0.15) is 28.4 Å². The molecule has 0 radical (unpaired) electrons. The summed E-state index contributed by atoms with van der Waals surface area (Å²) in [6, 6.07) is 2.09. The van der Waals surface area contributed by atoms with Crippen LogP contribution in [0.2, 0.25) is 0 Å². The number of amides is 1. The highest BCUT2D eigenvalue weighted by molar-refractivity contribution is 5.91. The third-order valence-electron chi connectivity index (χ3n) is 9.47. The number of halogens is 6. The smallest absolute Gasteiger partial charge is 0.417 e. The van der Waals surface area contributed by atoms with Crippen LogP contribution in [0.25, 0.3) is 0 Å². The normalized spacial score (nSPS) is 25.0. The van der Waals surface area contributed by atoms with Gasteiger partial charge in [-0.3, -0.25) is 9.69 Å². The van der Waals surface area contributed by atoms with Crippen molar-refractivity contribution < 1.29 is 35.9 Å². The van der Waals surface area contributed by atoms with Crippen LogP contribution in [0.15, 0.2) is 18.5 Å². The molecule has 0 saturated carbocycles. The van der Waals surface area contributed by atoms with Crippen LogP contribution in [0.4, 0.5) is 37.8 Å². The molecule has 1 aromatic heterocycles. The summed E-state index contributed by atoms with van der Waals surface area (Å²) in [5, 5.41) is 9.46. The van der Waals surface area contributed by atoms with Crippen molar-refractivity contribution in [1.82, 2.24) is 19.8 Å². The average Bonchev–Trinajstić information content (AvgIpc) is 3.32. The fourth-order valence-electron chi connectivity index (χ4n) is 7.13. The minimum Gasteiger partial charge on any atom is -0.447 e. The van der Waals surface area contributed by atoms with E-state index in [0.717, 1.165) is 6.07 Å². The number of alkyl halides is 4. The molecule has 2 saturated heterocycles. The van der Waals surface area contributed by atoms with E-state index in [2.05, 4.69) is 16.5 Å². The van der Waals surface area contributed by atoms with Crippen molar-refractivity contribution in [3.63, 3.8) is 0 Å². The molecule has 2 aromatic rings. The van der Waals surface area contributed by atoms with E-state index in [1.165, 1.54) is 11.8 Å². The predicted octanol–water partition coefficient (Wildman–Crippen LogP) is 5.23. The van der Waals surface area contributed by atoms with E-state index >= 15 is 4.39 Å². The van der Waals surface area contributed by atoms with Gasteiger partial charge in [0.15, 0.2) is 5.83 Å². The van der Waals surface area contributed by atoms with E-state index in [0.29, 0.717) is 23.5 Å². The van der Waals surface area contributed by atoms with Gasteiger partial charge in [0, 0.05) is 43.3 Å². The second kappa shape index (κ2) is 13.2. The van der Waals surface area contributed by atoms with Gasteiger partial charge >= 0.3 is 12.2 Å². The maximum Gasteiger partial charge on any atom is 0.417 e. The van der Waals surface area contributed by atoms with Crippen LogP contribution in [0, 0.1) is 30.0 Å². The Bertz CT molecular complexity index is 1600. The van der Waals surface area contributed by atoms with Gasteiger partial charge in [0.05, 0.1) is 35.5 Å². The Hall–Kier alpha value is -4.06. The number of hydrogen-bond acceptors (Lipinski definition) is 8. The Kier molecular flexibility index (Phi) is 9.64. The number of aryl methyl sites for hydroxylation is 1. The molecule has 2 aliphatic heterocycles. The van der Waals surface area contributed by atoms with Crippen molar-refractivity contribution in [2.24, 2.45) is 5.92 Å². The van der Waals surface area contributed by atoms with Crippen molar-refractivity contribution in [2.75, 3.05) is 43.5 Å². The van der Waals surface area contributed by atoms with Crippen molar-refractivity contribution in [3.8, 4) is 12.1 Å². The minimum atomic E-state index is -4.84. The number of ether oxygens (including phenoxy) is 1. The fraction of sp³-hybridized carbons (Fsp3) is 0.562. The molecule has 0 unspecified atom stereocenters. The second-order valence-corrected chi connectivity index (χ2v) is 12.7. The molecule has 0 bridgehead atoms. The Morgan fingerprint density at radius 2 is 1.94 bits per heavy atom. The maximum atomic E-state index is 15.6. The van der Waals surface area contributed by atoms with Gasteiger partial charge in [0.1, 0.15) is 24.5 Å². The summed E-state index contributed by atoms with van der Waals surface area (Å²) in [5.41, 5.74) is 4.65. The van der Waals surface area contributed by atoms with Crippen LogP contribution in [-0.4, -0.2) is 76.8 Å². The van der Waals surface area contributed by atoms with Crippen LogP contribution in [0.3, 0.4) is 0 Å². The van der Waals surface area contributed by atoms with Crippen LogP contribution < -0.4 is 15.4 Å². The summed E-state index contributed by atoms with van der Waals surface area (Å²) in [6.07, 6.45) is -5.53. The van der Waals surface area contributed by atoms with Gasteiger partial charge in [-0.15, -0.1) is 0 Å². The molecular weight excluding hydrogens is 628 g/mol. The largest absolute Gasteiger partial charge is 0.447 e. The fourth-order valence-corrected chi connectivity index (χ4v) is 7.13. The number of rotatable bonds is 7. The van der Waals surface area contributed by atoms with Crippen molar-refractivity contribution in [2.45, 2.75) is 76.8 Å². The van der Waals surface area contributed by atoms with Gasteiger partial charge in [0.2, 0.25) is 0 Å². The molecule has 3 aliphatic rings. The van der Waals surface area contributed by atoms with Crippen LogP contribution in [0.5, 0.6) is 6.01 Å². The molecule has 5 atom stereocenters. The minimum absolute atomic E-state index is 0.0428. The number of aromatic nitrogens is 2. The van der Waals surface area contributed by atoms with Gasteiger partial charge in [-0.1, -0.05) is 13.5 Å². The number of nitrogens with two attached hydrogens (primary N) is 1. The molecule has 1 amide bonds. The predicted molar refractivity (Wildman–Crippen MR) is 161 cm³/mol. The van der Waals surface area contributed by atoms with Crippen LogP contribution in [-0.2, 0) is 23.8 Å². The molecule has 1 aliphatic carbocycles. The standard InChI is InChI=1S/C32H37F6N7O2/c1-16-9-23-25(12-22(16)26-27(32(36,37)38)17(2)10-24(40)28(26)35)41-31(47-15-44-13-20(34)11-18(44)3)42-29(23)43-7-8-45(30(46)19(4)33)21(14-43)5-6-39/h10,16,18,20-22H,4-5,7-9,11-15,40H2,1-3H3/t16-,18-,20+,21+,22-/m0/s1. The molecule has 2 fully saturated rings. The van der Waals surface area contributed by atoms with Gasteiger partial charge in [-0.05, 0) is 56.6 Å². The zero-order valence-corrected chi connectivity index (χ0v) is 26.4. The number of piperazine rings is 1. The van der Waals surface area contributed by atoms with Gasteiger partial charge in [-0.25, -0.2) is 13.2 Å². The quantitative estimate of drug-likeness (QED) is 0.243. The lowest BCUT2D eigenvalue weighted by atomic mass is 9.73. The monoisotopic (exact) mass is 665 g/mol. The third-order valence-corrected chi connectivity index (χ3v) is 9.47. The van der Waals surface area contributed by atoms with Gasteiger partial charge in [0.25, 0.3) is 5.91 Å². The van der Waals surface area contributed by atoms with E-state index in [9.17, 15) is 32.0 Å². The molecule has 2 N–H and O–H groups in total. The first-order chi connectivity index (χ1) is 22.1. The molecular formula is C32H37F6N7O2. The van der Waals surface area contributed by atoms with Gasteiger partial charge < -0.3 is 20.3 Å². The van der Waals surface area contributed by atoms with Crippen molar-refractivity contribution >= 4 is 17.4 Å². The first kappa shape index (κ1) is 34.3. The summed E-state index contributed by atoms with van der Waals surface area (Å²) in [4.78, 5) is 26.6. The number of hydrogen-bond donors (Lipinski definition) is 1. The zero-order valence-electron chi connectivity index (χ0n) is 26.4. The highest BCUT2D eigenvalue weighted by Crippen LogP contribution is 2.47. The number of anilines is 2. The second-order valence-electron chi connectivity index (χ2n) is 12.7. The molecule has 15 heteroatoms. The first-order valence-electron chi connectivity index (χ1n) is 15.4. The Morgan fingerprint density at radius 3 is 2.55 bits per heavy atom. The van der Waals surface area contributed by atoms with Crippen molar-refractivity contribution in [1.29, 1.82) is 5.26 Å². The summed E-state index contributed by atoms with van der Waals surface area (Å²) < 4.78 is 92.4. The first-order valence-corrected chi connectivity index (χ1v) is 15.4. The lowest BCUT2D eigenvalue weighted by molar-refractivity contribution is -0.139. The number of nitrogen functional groups attached to an aromatic ring is 1. The Labute approximate surface area is 269 Å². The summed E-state index contributed by atoms with van der Waals surface area (Å²) in [7, 11) is 0. The molecule has 254 valence electrons. The SMILES string of the molecule is C=C(F)C(=O)N1CCN(c2nc(OCN3C[C@H](F)C[C@@H]3C)nc3c2C[C@H](C)[C@@H](c2c(F)c(N)cc(C)c2C(F)(F)F)C3)C[C@H]1CC#N. The Balaban J connectivity index is 1.56. The zero-order chi connectivity index (χ0) is 34.4. The van der Waals surface area contributed by atoms with Crippen LogP contribution in [0.1, 0.15) is 60.6 Å². The third kappa shape index (κ3) is 6.83. The molecule has 3 heterocycles. The number of carbonyl (C=O) groups excluding carboxylic acids is 1. The summed E-state index contributed by atoms with van der Waals surface area (Å²) in [5.74, 6) is -4.24. The molecule has 5 rings (SSSR count). The van der Waals surface area contributed by atoms with E-state index in [4.69, 9.17) is 10.5 Å². The number of nitriles is 1. The Morgan fingerprint density at radius 1 is 1.21 bits per heavy atom. The van der Waals surface area contributed by atoms with E-state index < -0.39 is 58.9 Å².